The van der Waals surface area contributed by atoms with Gasteiger partial charge in [0.1, 0.15) is 5.75 Å². The number of hydrogen-bond donors (Lipinski definition) is 2. The van der Waals surface area contributed by atoms with Crippen LogP contribution in [0.3, 0.4) is 0 Å². The summed E-state index contributed by atoms with van der Waals surface area (Å²) in [7, 11) is 0. The highest BCUT2D eigenvalue weighted by atomic mass is 16.5. The van der Waals surface area contributed by atoms with Crippen molar-refractivity contribution >= 4 is 17.2 Å². The number of nitrogens with one attached hydrogen (secondary N) is 2. The molecule has 37 heavy (non-hydrogen) atoms. The molecule has 0 aromatic heterocycles. The number of allylic oxidation sites excluding steroid dienone is 1. The zero-order chi connectivity index (χ0) is 26.2. The van der Waals surface area contributed by atoms with Crippen LogP contribution in [0.15, 0.2) is 84.1 Å². The van der Waals surface area contributed by atoms with Crippen molar-refractivity contribution in [3.63, 3.8) is 0 Å². The van der Waals surface area contributed by atoms with Crippen LogP contribution >= 0.6 is 0 Å². The summed E-state index contributed by atoms with van der Waals surface area (Å²) in [5.41, 5.74) is 7.57. The number of carbonyl (C=O) groups excluding carboxylic acids is 1. The van der Waals surface area contributed by atoms with Gasteiger partial charge in [0.15, 0.2) is 5.78 Å². The lowest BCUT2D eigenvalue weighted by molar-refractivity contribution is -0.116. The molecular weight excluding hydrogens is 456 g/mol. The maximum Gasteiger partial charge on any atom is 0.163 e. The molecule has 1 aliphatic heterocycles. The van der Waals surface area contributed by atoms with E-state index in [-0.39, 0.29) is 29.3 Å². The van der Waals surface area contributed by atoms with Gasteiger partial charge < -0.3 is 15.4 Å². The number of ketones is 1. The predicted molar refractivity (Wildman–Crippen MR) is 152 cm³/mol. The van der Waals surface area contributed by atoms with Crippen molar-refractivity contribution in [2.45, 2.75) is 77.4 Å². The molecular formula is C33H38N2O2. The Morgan fingerprint density at radius 3 is 2.19 bits per heavy atom. The van der Waals surface area contributed by atoms with Gasteiger partial charge in [-0.3, -0.25) is 4.79 Å². The number of Topliss-reactive ketones (excluding diaryl/α,β-unsaturated/α-hetero) is 1. The zero-order valence-electron chi connectivity index (χ0n) is 22.6. The van der Waals surface area contributed by atoms with Crippen molar-refractivity contribution < 1.29 is 9.53 Å². The fraction of sp³-hybridized carbons (Fsp3) is 0.364. The first-order chi connectivity index (χ1) is 17.7. The van der Waals surface area contributed by atoms with E-state index in [9.17, 15) is 4.79 Å². The Kier molecular flexibility index (Phi) is 6.85. The van der Waals surface area contributed by atoms with E-state index < -0.39 is 0 Å². The summed E-state index contributed by atoms with van der Waals surface area (Å²) in [6.45, 7) is 10.9. The number of carbonyl (C=O) groups is 1. The quantitative estimate of drug-likeness (QED) is 0.376. The van der Waals surface area contributed by atoms with Crippen molar-refractivity contribution in [3.05, 3.63) is 101 Å². The van der Waals surface area contributed by atoms with E-state index in [4.69, 9.17) is 4.74 Å². The first kappa shape index (κ1) is 25.1. The molecule has 2 N–H and O–H groups in total. The monoisotopic (exact) mass is 494 g/mol. The van der Waals surface area contributed by atoms with Gasteiger partial charge in [-0.1, -0.05) is 76.2 Å². The maximum absolute atomic E-state index is 13.8. The molecule has 0 fully saturated rings. The van der Waals surface area contributed by atoms with Gasteiger partial charge in [-0.05, 0) is 72.1 Å². The second-order valence-electron chi connectivity index (χ2n) is 11.4. The molecule has 2 aliphatic rings. The molecule has 4 heteroatoms. The first-order valence-corrected chi connectivity index (χ1v) is 13.5. The molecule has 4 nitrogen and oxygen atoms in total. The Balaban J connectivity index is 1.50. The van der Waals surface area contributed by atoms with Crippen molar-refractivity contribution in [1.29, 1.82) is 0 Å². The van der Waals surface area contributed by atoms with Crippen LogP contribution in [0, 0.1) is 0 Å². The van der Waals surface area contributed by atoms with E-state index in [0.29, 0.717) is 6.42 Å². The van der Waals surface area contributed by atoms with E-state index in [1.807, 2.05) is 24.3 Å². The Morgan fingerprint density at radius 2 is 1.54 bits per heavy atom. The molecule has 3 aromatic rings. The zero-order valence-corrected chi connectivity index (χ0v) is 22.6. The van der Waals surface area contributed by atoms with Gasteiger partial charge in [0.05, 0.1) is 23.5 Å². The number of para-hydroxylation sites is 2. The van der Waals surface area contributed by atoms with Crippen molar-refractivity contribution in [3.8, 4) is 5.75 Å². The van der Waals surface area contributed by atoms with E-state index in [2.05, 4.69) is 93.8 Å². The minimum Gasteiger partial charge on any atom is -0.491 e. The van der Waals surface area contributed by atoms with Gasteiger partial charge in [0, 0.05) is 17.7 Å². The predicted octanol–water partition coefficient (Wildman–Crippen LogP) is 8.14. The van der Waals surface area contributed by atoms with Gasteiger partial charge in [0.2, 0.25) is 0 Å². The average Bonchev–Trinajstić information content (AvgIpc) is 3.05. The molecule has 192 valence electrons. The van der Waals surface area contributed by atoms with Crippen LogP contribution in [0.4, 0.5) is 11.4 Å². The second-order valence-corrected chi connectivity index (χ2v) is 11.4. The van der Waals surface area contributed by atoms with Crippen LogP contribution in [-0.2, 0) is 10.2 Å². The lowest BCUT2D eigenvalue weighted by Gasteiger charge is -2.30. The highest BCUT2D eigenvalue weighted by Crippen LogP contribution is 2.44. The highest BCUT2D eigenvalue weighted by molar-refractivity contribution is 6.01. The van der Waals surface area contributed by atoms with Crippen LogP contribution in [0.1, 0.15) is 82.5 Å². The molecule has 0 amide bonds. The van der Waals surface area contributed by atoms with Gasteiger partial charge in [-0.25, -0.2) is 0 Å². The SMILES string of the molecule is CCC(C)Oc1ccc(C2Nc3ccccc3NC3=C2C(=O)CC(c2ccc(C(C)(C)C)cc2)C3)cc1. The van der Waals surface area contributed by atoms with E-state index >= 15 is 0 Å². The molecule has 3 aromatic carbocycles. The third-order valence-electron chi connectivity index (χ3n) is 7.68. The van der Waals surface area contributed by atoms with Gasteiger partial charge in [0.25, 0.3) is 0 Å². The number of rotatable bonds is 5. The third kappa shape index (κ3) is 5.29. The van der Waals surface area contributed by atoms with E-state index in [1.165, 1.54) is 11.1 Å². The minimum atomic E-state index is -0.222. The van der Waals surface area contributed by atoms with Crippen LogP contribution in [0.2, 0.25) is 0 Å². The minimum absolute atomic E-state index is 0.108. The van der Waals surface area contributed by atoms with Crippen molar-refractivity contribution in [2.75, 3.05) is 10.6 Å². The van der Waals surface area contributed by atoms with E-state index in [1.54, 1.807) is 0 Å². The fourth-order valence-electron chi connectivity index (χ4n) is 5.29. The summed E-state index contributed by atoms with van der Waals surface area (Å²) in [5.74, 6) is 1.21. The van der Waals surface area contributed by atoms with Crippen LogP contribution < -0.4 is 15.4 Å². The number of fused-ring (bicyclic) bond motifs is 1. The molecule has 0 spiro atoms. The fourth-order valence-corrected chi connectivity index (χ4v) is 5.29. The summed E-state index contributed by atoms with van der Waals surface area (Å²) >= 11 is 0. The Labute approximate surface area is 221 Å². The summed E-state index contributed by atoms with van der Waals surface area (Å²) in [6, 6.07) is 25.0. The van der Waals surface area contributed by atoms with E-state index in [0.717, 1.165) is 46.8 Å². The maximum atomic E-state index is 13.8. The standard InChI is InChI=1S/C33H38N2O2/c1-6-21(2)37-26-17-13-23(14-18-26)32-31-29(34-27-9-7-8-10-28(27)35-32)19-24(20-30(31)36)22-11-15-25(16-12-22)33(3,4)5/h7-18,21,24,32,34-35H,6,19-20H2,1-5H3. The Bertz CT molecular complexity index is 1300. The largest absolute Gasteiger partial charge is 0.491 e. The molecule has 0 saturated carbocycles. The first-order valence-electron chi connectivity index (χ1n) is 13.5. The molecule has 0 radical (unpaired) electrons. The number of benzene rings is 3. The normalized spacial score (nSPS) is 20.2. The molecule has 0 bridgehead atoms. The van der Waals surface area contributed by atoms with Crippen molar-refractivity contribution in [1.82, 2.24) is 0 Å². The van der Waals surface area contributed by atoms with Crippen LogP contribution in [0.5, 0.6) is 5.75 Å². The molecule has 1 aliphatic carbocycles. The smallest absolute Gasteiger partial charge is 0.163 e. The lowest BCUT2D eigenvalue weighted by atomic mass is 9.77. The van der Waals surface area contributed by atoms with Crippen molar-refractivity contribution in [2.24, 2.45) is 0 Å². The summed E-state index contributed by atoms with van der Waals surface area (Å²) < 4.78 is 6.00. The number of anilines is 2. The molecule has 3 atom stereocenters. The van der Waals surface area contributed by atoms with Crippen LogP contribution in [-0.4, -0.2) is 11.9 Å². The third-order valence-corrected chi connectivity index (χ3v) is 7.68. The van der Waals surface area contributed by atoms with Crippen LogP contribution in [0.25, 0.3) is 0 Å². The van der Waals surface area contributed by atoms with Gasteiger partial charge in [-0.2, -0.15) is 0 Å². The summed E-state index contributed by atoms with van der Waals surface area (Å²) in [5, 5.41) is 7.32. The lowest BCUT2D eigenvalue weighted by Crippen LogP contribution is -2.27. The molecule has 1 heterocycles. The molecule has 3 unspecified atom stereocenters. The summed E-state index contributed by atoms with van der Waals surface area (Å²) in [6.07, 6.45) is 2.44. The summed E-state index contributed by atoms with van der Waals surface area (Å²) in [4.78, 5) is 13.8. The molecule has 0 saturated heterocycles. The molecule has 5 rings (SSSR count). The number of ether oxygens (including phenoxy) is 1. The highest BCUT2D eigenvalue weighted by Gasteiger charge is 2.36. The topological polar surface area (TPSA) is 50.4 Å². The number of hydrogen-bond acceptors (Lipinski definition) is 4. The average molecular weight is 495 g/mol. The van der Waals surface area contributed by atoms with Gasteiger partial charge >= 0.3 is 0 Å². The Morgan fingerprint density at radius 1 is 0.892 bits per heavy atom. The second kappa shape index (κ2) is 10.1. The Hall–Kier alpha value is -3.53. The van der Waals surface area contributed by atoms with Gasteiger partial charge in [-0.15, -0.1) is 0 Å².